The van der Waals surface area contributed by atoms with E-state index in [2.05, 4.69) is 24.3 Å². The zero-order valence-corrected chi connectivity index (χ0v) is 9.90. The van der Waals surface area contributed by atoms with Gasteiger partial charge in [-0.1, -0.05) is 31.1 Å². The smallest absolute Gasteiger partial charge is 0.167 e. The Hall–Kier alpha value is -1.68. The Morgan fingerprint density at radius 2 is 2.18 bits per heavy atom. The summed E-state index contributed by atoms with van der Waals surface area (Å²) in [4.78, 5) is 0. The van der Waals surface area contributed by atoms with Crippen LogP contribution in [0, 0.1) is 5.82 Å². The van der Waals surface area contributed by atoms with Crippen molar-refractivity contribution >= 4 is 0 Å². The van der Waals surface area contributed by atoms with Crippen molar-refractivity contribution in [3.8, 4) is 11.3 Å². The van der Waals surface area contributed by atoms with E-state index < -0.39 is 0 Å². The van der Waals surface area contributed by atoms with E-state index in [0.717, 1.165) is 5.69 Å². The highest BCUT2D eigenvalue weighted by Crippen LogP contribution is 2.20. The number of aromatic nitrogens is 1. The predicted molar refractivity (Wildman–Crippen MR) is 63.9 cm³/mol. The highest BCUT2D eigenvalue weighted by Gasteiger charge is 2.07. The van der Waals surface area contributed by atoms with Gasteiger partial charge in [-0.15, -0.1) is 0 Å². The predicted octanol–water partition coefficient (Wildman–Crippen LogP) is 2.98. The van der Waals surface area contributed by atoms with Crippen molar-refractivity contribution in [2.75, 3.05) is 0 Å². The van der Waals surface area contributed by atoms with Crippen LogP contribution in [0.4, 0.5) is 4.39 Å². The Morgan fingerprint density at radius 3 is 2.88 bits per heavy atom. The molecule has 4 heteroatoms. The minimum atomic E-state index is -0.277. The highest BCUT2D eigenvalue weighted by molar-refractivity contribution is 5.57. The number of halogens is 1. The molecule has 1 aromatic carbocycles. The van der Waals surface area contributed by atoms with Gasteiger partial charge in [0.25, 0.3) is 0 Å². The molecule has 0 atom stereocenters. The van der Waals surface area contributed by atoms with Crippen LogP contribution in [0.1, 0.15) is 19.5 Å². The summed E-state index contributed by atoms with van der Waals surface area (Å²) in [5, 5.41) is 7.18. The molecule has 90 valence electrons. The van der Waals surface area contributed by atoms with E-state index in [1.165, 1.54) is 12.1 Å². The van der Waals surface area contributed by atoms with E-state index in [1.54, 1.807) is 12.1 Å². The zero-order valence-electron chi connectivity index (χ0n) is 9.90. The van der Waals surface area contributed by atoms with Gasteiger partial charge in [-0.25, -0.2) is 4.39 Å². The van der Waals surface area contributed by atoms with Gasteiger partial charge in [-0.05, 0) is 12.1 Å². The Morgan fingerprint density at radius 1 is 1.35 bits per heavy atom. The topological polar surface area (TPSA) is 38.1 Å². The van der Waals surface area contributed by atoms with Crippen LogP contribution in [0.5, 0.6) is 0 Å². The van der Waals surface area contributed by atoms with E-state index in [9.17, 15) is 4.39 Å². The fourth-order valence-corrected chi connectivity index (χ4v) is 1.48. The molecular weight excluding hydrogens is 219 g/mol. The lowest BCUT2D eigenvalue weighted by Crippen LogP contribution is -2.21. The maximum atomic E-state index is 13.0. The van der Waals surface area contributed by atoms with E-state index >= 15 is 0 Å². The summed E-state index contributed by atoms with van der Waals surface area (Å²) in [6, 6.07) is 8.50. The van der Waals surface area contributed by atoms with Crippen molar-refractivity contribution in [1.82, 2.24) is 10.5 Å². The monoisotopic (exact) mass is 234 g/mol. The highest BCUT2D eigenvalue weighted by atomic mass is 19.1. The Balaban J connectivity index is 2.12. The third-order valence-corrected chi connectivity index (χ3v) is 2.36. The number of hydrogen-bond donors (Lipinski definition) is 1. The minimum absolute atomic E-state index is 0.277. The SMILES string of the molecule is CC(C)NCc1cc(-c2cccc(F)c2)on1. The van der Waals surface area contributed by atoms with Crippen molar-refractivity contribution in [3.63, 3.8) is 0 Å². The average Bonchev–Trinajstić information content (AvgIpc) is 2.75. The van der Waals surface area contributed by atoms with Crippen molar-refractivity contribution in [2.24, 2.45) is 0 Å². The third-order valence-electron chi connectivity index (χ3n) is 2.36. The molecule has 0 aliphatic carbocycles. The van der Waals surface area contributed by atoms with Crippen molar-refractivity contribution in [1.29, 1.82) is 0 Å². The molecule has 2 aromatic rings. The second-order valence-corrected chi connectivity index (χ2v) is 4.23. The van der Waals surface area contributed by atoms with Gasteiger partial charge in [0, 0.05) is 24.2 Å². The molecule has 0 unspecified atom stereocenters. The van der Waals surface area contributed by atoms with Crippen molar-refractivity contribution in [3.05, 3.63) is 41.8 Å². The first-order chi connectivity index (χ1) is 8.15. The summed E-state index contributed by atoms with van der Waals surface area (Å²) in [7, 11) is 0. The summed E-state index contributed by atoms with van der Waals surface area (Å²) in [5.74, 6) is 0.311. The Labute approximate surface area is 99.6 Å². The van der Waals surface area contributed by atoms with E-state index in [4.69, 9.17) is 4.52 Å². The molecule has 0 saturated heterocycles. The van der Waals surface area contributed by atoms with Crippen LogP contribution in [0.2, 0.25) is 0 Å². The molecule has 0 saturated carbocycles. The molecule has 0 spiro atoms. The first-order valence-electron chi connectivity index (χ1n) is 5.60. The van der Waals surface area contributed by atoms with E-state index in [0.29, 0.717) is 23.9 Å². The number of nitrogens with one attached hydrogen (secondary N) is 1. The van der Waals surface area contributed by atoms with Crippen LogP contribution in [0.3, 0.4) is 0 Å². The Kier molecular flexibility index (Phi) is 3.54. The summed E-state index contributed by atoms with van der Waals surface area (Å²) in [6.07, 6.45) is 0. The fraction of sp³-hybridized carbons (Fsp3) is 0.308. The zero-order chi connectivity index (χ0) is 12.3. The molecule has 2 rings (SSSR count). The summed E-state index contributed by atoms with van der Waals surface area (Å²) >= 11 is 0. The molecule has 0 fully saturated rings. The molecule has 1 heterocycles. The molecule has 17 heavy (non-hydrogen) atoms. The van der Waals surface area contributed by atoms with E-state index in [-0.39, 0.29) is 5.82 Å². The number of hydrogen-bond acceptors (Lipinski definition) is 3. The molecule has 3 nitrogen and oxygen atoms in total. The van der Waals surface area contributed by atoms with Crippen LogP contribution in [-0.2, 0) is 6.54 Å². The number of nitrogens with zero attached hydrogens (tertiary/aromatic N) is 1. The summed E-state index contributed by atoms with van der Waals surface area (Å²) in [5.41, 5.74) is 1.52. The van der Waals surface area contributed by atoms with Crippen LogP contribution in [-0.4, -0.2) is 11.2 Å². The van der Waals surface area contributed by atoms with Crippen LogP contribution < -0.4 is 5.32 Å². The van der Waals surface area contributed by atoms with Gasteiger partial charge in [0.05, 0.1) is 5.69 Å². The van der Waals surface area contributed by atoms with Gasteiger partial charge >= 0.3 is 0 Å². The van der Waals surface area contributed by atoms with Gasteiger partial charge in [-0.2, -0.15) is 0 Å². The van der Waals surface area contributed by atoms with Gasteiger partial charge in [0.15, 0.2) is 5.76 Å². The van der Waals surface area contributed by atoms with E-state index in [1.807, 2.05) is 6.07 Å². The van der Waals surface area contributed by atoms with Gasteiger partial charge in [0.2, 0.25) is 0 Å². The molecule has 0 amide bonds. The van der Waals surface area contributed by atoms with Crippen LogP contribution >= 0.6 is 0 Å². The van der Waals surface area contributed by atoms with Gasteiger partial charge in [0.1, 0.15) is 5.82 Å². The summed E-state index contributed by atoms with van der Waals surface area (Å²) < 4.78 is 18.2. The lowest BCUT2D eigenvalue weighted by atomic mass is 10.1. The molecule has 0 aliphatic rings. The molecule has 1 N–H and O–H groups in total. The standard InChI is InChI=1S/C13H15FN2O/c1-9(2)15-8-12-7-13(17-16-12)10-4-3-5-11(14)6-10/h3-7,9,15H,8H2,1-2H3. The second kappa shape index (κ2) is 5.10. The third kappa shape index (κ3) is 3.14. The van der Waals surface area contributed by atoms with Gasteiger partial charge < -0.3 is 9.84 Å². The average molecular weight is 234 g/mol. The Bertz CT molecular complexity index is 494. The second-order valence-electron chi connectivity index (χ2n) is 4.23. The van der Waals surface area contributed by atoms with Crippen molar-refractivity contribution in [2.45, 2.75) is 26.4 Å². The molecule has 0 radical (unpaired) electrons. The van der Waals surface area contributed by atoms with Crippen LogP contribution in [0.25, 0.3) is 11.3 Å². The molecule has 0 bridgehead atoms. The van der Waals surface area contributed by atoms with Crippen molar-refractivity contribution < 1.29 is 8.91 Å². The fourth-order valence-electron chi connectivity index (χ4n) is 1.48. The lowest BCUT2D eigenvalue weighted by Gasteiger charge is -2.03. The maximum absolute atomic E-state index is 13.0. The first kappa shape index (κ1) is 11.8. The van der Waals surface area contributed by atoms with Crippen LogP contribution in [0.15, 0.2) is 34.9 Å². The van der Waals surface area contributed by atoms with Gasteiger partial charge in [-0.3, -0.25) is 0 Å². The largest absolute Gasteiger partial charge is 0.356 e. The number of rotatable bonds is 4. The molecule has 1 aromatic heterocycles. The lowest BCUT2D eigenvalue weighted by molar-refractivity contribution is 0.417. The maximum Gasteiger partial charge on any atom is 0.167 e. The molecular formula is C13H15FN2O. The first-order valence-corrected chi connectivity index (χ1v) is 5.60. The molecule has 0 aliphatic heterocycles. The normalized spacial score (nSPS) is 11.1. The quantitative estimate of drug-likeness (QED) is 0.883. The summed E-state index contributed by atoms with van der Waals surface area (Å²) in [6.45, 7) is 4.78. The number of benzene rings is 1. The minimum Gasteiger partial charge on any atom is -0.356 e.